The van der Waals surface area contributed by atoms with Crippen molar-refractivity contribution in [1.29, 1.82) is 0 Å². The Labute approximate surface area is 146 Å². The maximum absolute atomic E-state index is 12.2. The summed E-state index contributed by atoms with van der Waals surface area (Å²) < 4.78 is 5.48. The smallest absolute Gasteiger partial charge is 0.315 e. The molecular formula is C19H23N3O3. The molecule has 6 heteroatoms. The molecular weight excluding hydrogens is 318 g/mol. The number of nitrogens with one attached hydrogen (secondary N) is 2. The van der Waals surface area contributed by atoms with Gasteiger partial charge in [-0.1, -0.05) is 18.2 Å². The molecule has 2 amide bonds. The summed E-state index contributed by atoms with van der Waals surface area (Å²) in [5.74, 6) is 1.81. The van der Waals surface area contributed by atoms with Gasteiger partial charge in [-0.05, 0) is 43.2 Å². The number of urea groups is 1. The summed E-state index contributed by atoms with van der Waals surface area (Å²) in [6, 6.07) is 9.53. The molecule has 2 aliphatic rings. The van der Waals surface area contributed by atoms with Crippen molar-refractivity contribution in [2.45, 2.75) is 31.8 Å². The first-order valence-electron chi connectivity index (χ1n) is 8.89. The maximum atomic E-state index is 12.2. The SMILES string of the molecule is O=C(NCc1coc(-c2ccccc2)n1)N[C@@H]1[C@H]2CC[C@@H](C2)[C@@H]1CO. The molecule has 0 saturated heterocycles. The van der Waals surface area contributed by atoms with Gasteiger partial charge in [0.25, 0.3) is 0 Å². The summed E-state index contributed by atoms with van der Waals surface area (Å²) in [4.78, 5) is 16.6. The predicted molar refractivity (Wildman–Crippen MR) is 92.5 cm³/mol. The molecule has 0 aliphatic heterocycles. The molecule has 4 rings (SSSR count). The molecule has 25 heavy (non-hydrogen) atoms. The second kappa shape index (κ2) is 6.88. The van der Waals surface area contributed by atoms with Crippen LogP contribution in [0.2, 0.25) is 0 Å². The molecule has 2 aromatic rings. The number of rotatable bonds is 5. The van der Waals surface area contributed by atoms with E-state index in [0.717, 1.165) is 18.4 Å². The van der Waals surface area contributed by atoms with Crippen LogP contribution in [0.25, 0.3) is 11.5 Å². The zero-order valence-corrected chi connectivity index (χ0v) is 14.0. The number of oxazole rings is 1. The lowest BCUT2D eigenvalue weighted by atomic mass is 9.85. The summed E-state index contributed by atoms with van der Waals surface area (Å²) in [7, 11) is 0. The van der Waals surface area contributed by atoms with Crippen LogP contribution < -0.4 is 10.6 Å². The first-order chi connectivity index (χ1) is 12.2. The number of aliphatic hydroxyl groups excluding tert-OH is 1. The van der Waals surface area contributed by atoms with Gasteiger partial charge in [0.2, 0.25) is 5.89 Å². The van der Waals surface area contributed by atoms with Crippen LogP contribution in [0.4, 0.5) is 4.79 Å². The van der Waals surface area contributed by atoms with E-state index in [4.69, 9.17) is 4.42 Å². The number of hydrogen-bond acceptors (Lipinski definition) is 4. The third kappa shape index (κ3) is 3.26. The molecule has 6 nitrogen and oxygen atoms in total. The lowest BCUT2D eigenvalue weighted by Gasteiger charge is -2.30. The van der Waals surface area contributed by atoms with Crippen LogP contribution in [0, 0.1) is 17.8 Å². The van der Waals surface area contributed by atoms with Crippen LogP contribution in [0.5, 0.6) is 0 Å². The van der Waals surface area contributed by atoms with Gasteiger partial charge in [0.1, 0.15) is 6.26 Å². The summed E-state index contributed by atoms with van der Waals surface area (Å²) in [5.41, 5.74) is 1.59. The number of carbonyl (C=O) groups excluding carboxylic acids is 1. The fraction of sp³-hybridized carbons (Fsp3) is 0.474. The number of nitrogens with zero attached hydrogens (tertiary/aromatic N) is 1. The minimum absolute atomic E-state index is 0.0842. The van der Waals surface area contributed by atoms with Crippen molar-refractivity contribution in [3.63, 3.8) is 0 Å². The van der Waals surface area contributed by atoms with E-state index in [1.807, 2.05) is 30.3 Å². The van der Waals surface area contributed by atoms with Crippen LogP contribution in [-0.2, 0) is 6.54 Å². The van der Waals surface area contributed by atoms with E-state index in [1.165, 1.54) is 6.42 Å². The van der Waals surface area contributed by atoms with Crippen molar-refractivity contribution in [1.82, 2.24) is 15.6 Å². The van der Waals surface area contributed by atoms with E-state index in [-0.39, 0.29) is 24.6 Å². The Kier molecular flexibility index (Phi) is 4.44. The average Bonchev–Trinajstić information content (AvgIpc) is 3.37. The van der Waals surface area contributed by atoms with Gasteiger partial charge in [0.05, 0.1) is 12.2 Å². The van der Waals surface area contributed by atoms with Crippen molar-refractivity contribution in [2.24, 2.45) is 17.8 Å². The Morgan fingerprint density at radius 2 is 2.04 bits per heavy atom. The molecule has 2 saturated carbocycles. The number of aliphatic hydroxyl groups is 1. The van der Waals surface area contributed by atoms with E-state index >= 15 is 0 Å². The van der Waals surface area contributed by atoms with Gasteiger partial charge < -0.3 is 20.2 Å². The molecule has 1 heterocycles. The number of aromatic nitrogens is 1. The second-order valence-electron chi connectivity index (χ2n) is 7.04. The number of amides is 2. The topological polar surface area (TPSA) is 87.4 Å². The number of carbonyl (C=O) groups is 1. The largest absolute Gasteiger partial charge is 0.444 e. The monoisotopic (exact) mass is 341 g/mol. The highest BCUT2D eigenvalue weighted by atomic mass is 16.3. The Balaban J connectivity index is 1.31. The lowest BCUT2D eigenvalue weighted by Crippen LogP contribution is -2.48. The minimum atomic E-state index is -0.208. The Bertz CT molecular complexity index is 731. The van der Waals surface area contributed by atoms with E-state index < -0.39 is 0 Å². The summed E-state index contributed by atoms with van der Waals surface area (Å²) >= 11 is 0. The first kappa shape index (κ1) is 16.1. The summed E-state index contributed by atoms with van der Waals surface area (Å²) in [6.45, 7) is 0.461. The molecule has 1 aromatic heterocycles. The minimum Gasteiger partial charge on any atom is -0.444 e. The number of fused-ring (bicyclic) bond motifs is 2. The van der Waals surface area contributed by atoms with Crippen molar-refractivity contribution in [2.75, 3.05) is 6.61 Å². The summed E-state index contributed by atoms with van der Waals surface area (Å²) in [6.07, 6.45) is 5.02. The summed E-state index contributed by atoms with van der Waals surface area (Å²) in [5, 5.41) is 15.5. The average molecular weight is 341 g/mol. The zero-order valence-electron chi connectivity index (χ0n) is 14.0. The van der Waals surface area contributed by atoms with Gasteiger partial charge in [0, 0.05) is 24.1 Å². The Hall–Kier alpha value is -2.34. The predicted octanol–water partition coefficient (Wildman–Crippen LogP) is 2.55. The van der Waals surface area contributed by atoms with E-state index in [9.17, 15) is 9.90 Å². The third-order valence-electron chi connectivity index (χ3n) is 5.60. The molecule has 4 atom stereocenters. The second-order valence-corrected chi connectivity index (χ2v) is 7.04. The van der Waals surface area contributed by atoms with Gasteiger partial charge >= 0.3 is 6.03 Å². The molecule has 2 aliphatic carbocycles. The fourth-order valence-electron chi connectivity index (χ4n) is 4.37. The van der Waals surface area contributed by atoms with Crippen molar-refractivity contribution in [3.05, 3.63) is 42.3 Å². The molecule has 132 valence electrons. The van der Waals surface area contributed by atoms with Gasteiger partial charge in [-0.2, -0.15) is 0 Å². The Morgan fingerprint density at radius 1 is 1.24 bits per heavy atom. The van der Waals surface area contributed by atoms with Gasteiger partial charge in [-0.25, -0.2) is 9.78 Å². The maximum Gasteiger partial charge on any atom is 0.315 e. The molecule has 1 aromatic carbocycles. The Morgan fingerprint density at radius 3 is 2.84 bits per heavy atom. The molecule has 2 bridgehead atoms. The third-order valence-corrected chi connectivity index (χ3v) is 5.60. The molecule has 2 fully saturated rings. The van der Waals surface area contributed by atoms with Crippen molar-refractivity contribution < 1.29 is 14.3 Å². The quantitative estimate of drug-likeness (QED) is 0.780. The van der Waals surface area contributed by atoms with E-state index in [1.54, 1.807) is 6.26 Å². The van der Waals surface area contributed by atoms with Crippen molar-refractivity contribution >= 4 is 6.03 Å². The van der Waals surface area contributed by atoms with Gasteiger partial charge in [-0.3, -0.25) is 0 Å². The number of hydrogen-bond donors (Lipinski definition) is 3. The molecule has 0 spiro atoms. The van der Waals surface area contributed by atoms with Crippen LogP contribution >= 0.6 is 0 Å². The highest BCUT2D eigenvalue weighted by Gasteiger charge is 2.47. The first-order valence-corrected chi connectivity index (χ1v) is 8.89. The lowest BCUT2D eigenvalue weighted by molar-refractivity contribution is 0.144. The van der Waals surface area contributed by atoms with Crippen LogP contribution in [0.3, 0.4) is 0 Å². The van der Waals surface area contributed by atoms with Gasteiger partial charge in [-0.15, -0.1) is 0 Å². The van der Waals surface area contributed by atoms with Crippen LogP contribution in [0.15, 0.2) is 41.0 Å². The van der Waals surface area contributed by atoms with Crippen molar-refractivity contribution in [3.8, 4) is 11.5 Å². The molecule has 3 N–H and O–H groups in total. The van der Waals surface area contributed by atoms with Gasteiger partial charge in [0.15, 0.2) is 0 Å². The number of benzene rings is 1. The van der Waals surface area contributed by atoms with Crippen LogP contribution in [-0.4, -0.2) is 28.8 Å². The fourth-order valence-corrected chi connectivity index (χ4v) is 4.37. The zero-order chi connectivity index (χ0) is 17.2. The highest BCUT2D eigenvalue weighted by molar-refractivity contribution is 5.74. The standard InChI is InChI=1S/C19H23N3O3/c23-10-16-13-6-7-14(8-13)17(16)22-19(24)20-9-15-11-25-18(21-15)12-4-2-1-3-5-12/h1-5,11,13-14,16-17,23H,6-10H2,(H2,20,22,24)/t13-,14-,16-,17+/m0/s1. The van der Waals surface area contributed by atoms with E-state index in [0.29, 0.717) is 30.0 Å². The van der Waals surface area contributed by atoms with Crippen LogP contribution in [0.1, 0.15) is 25.0 Å². The van der Waals surface area contributed by atoms with E-state index in [2.05, 4.69) is 15.6 Å². The molecule has 0 unspecified atom stereocenters. The highest BCUT2D eigenvalue weighted by Crippen LogP contribution is 2.48. The molecule has 0 radical (unpaired) electrons. The normalized spacial score (nSPS) is 27.4.